The highest BCUT2D eigenvalue weighted by atomic mass is 32.2. The number of Topliss-reactive ketones (excluding diaryl/α,β-unsaturated/α-hetero) is 1. The summed E-state index contributed by atoms with van der Waals surface area (Å²) in [6.45, 7) is 1.37. The number of hydrogen-bond donors (Lipinski definition) is 1. The molecule has 33 heavy (non-hydrogen) atoms. The molecule has 7 nitrogen and oxygen atoms in total. The molecule has 1 aromatic heterocycles. The summed E-state index contributed by atoms with van der Waals surface area (Å²) in [7, 11) is 0. The zero-order valence-corrected chi connectivity index (χ0v) is 19.1. The van der Waals surface area contributed by atoms with Crippen LogP contribution in [-0.4, -0.2) is 44.9 Å². The number of hydrogen-bond acceptors (Lipinski definition) is 6. The van der Waals surface area contributed by atoms with E-state index in [9.17, 15) is 9.59 Å². The van der Waals surface area contributed by atoms with Gasteiger partial charge in [-0.3, -0.25) is 9.59 Å². The van der Waals surface area contributed by atoms with Crippen LogP contribution < -0.4 is 5.73 Å². The number of nitrogens with zero attached hydrogens (tertiary/aromatic N) is 3. The van der Waals surface area contributed by atoms with Crippen molar-refractivity contribution in [3.63, 3.8) is 0 Å². The van der Waals surface area contributed by atoms with Crippen molar-refractivity contribution in [2.24, 2.45) is 5.73 Å². The van der Waals surface area contributed by atoms with Crippen molar-refractivity contribution in [1.29, 1.82) is 0 Å². The Kier molecular flexibility index (Phi) is 6.28. The summed E-state index contributed by atoms with van der Waals surface area (Å²) < 4.78 is 7.77. The molecule has 1 amide bonds. The van der Waals surface area contributed by atoms with Gasteiger partial charge in [0.2, 0.25) is 5.91 Å². The Labute approximate surface area is 196 Å². The highest BCUT2D eigenvalue weighted by molar-refractivity contribution is 7.99. The fourth-order valence-electron chi connectivity index (χ4n) is 4.53. The third kappa shape index (κ3) is 4.72. The van der Waals surface area contributed by atoms with Crippen LogP contribution >= 0.6 is 11.8 Å². The lowest BCUT2D eigenvalue weighted by Gasteiger charge is -2.14. The number of ether oxygens (including phenoxy) is 1. The lowest BCUT2D eigenvalue weighted by molar-refractivity contribution is -0.118. The van der Waals surface area contributed by atoms with Gasteiger partial charge in [0.15, 0.2) is 10.9 Å². The molecule has 0 spiro atoms. The smallest absolute Gasteiger partial charge is 0.217 e. The number of aryl methyl sites for hydroxylation is 1. The van der Waals surface area contributed by atoms with Crippen molar-refractivity contribution >= 4 is 23.5 Å². The average Bonchev–Trinajstić information content (AvgIpc) is 3.55. The summed E-state index contributed by atoms with van der Waals surface area (Å²) in [5.74, 6) is 0.648. The monoisotopic (exact) mass is 462 g/mol. The SMILES string of the molecule is NC(=O)CCc1nnc(SCC(=O)c2ccc3c(c2)-c2ccccc2C3)n1CC1CCCO1. The summed E-state index contributed by atoms with van der Waals surface area (Å²) in [6, 6.07) is 14.3. The Hall–Kier alpha value is -2.97. The van der Waals surface area contributed by atoms with Crippen LogP contribution in [0.1, 0.15) is 46.6 Å². The predicted molar refractivity (Wildman–Crippen MR) is 126 cm³/mol. The van der Waals surface area contributed by atoms with E-state index >= 15 is 0 Å². The number of rotatable bonds is 9. The maximum Gasteiger partial charge on any atom is 0.217 e. The molecule has 0 bridgehead atoms. The van der Waals surface area contributed by atoms with Gasteiger partial charge in [0.1, 0.15) is 5.82 Å². The predicted octanol–water partition coefficient (Wildman–Crippen LogP) is 3.42. The fraction of sp³-hybridized carbons (Fsp3) is 0.360. The van der Waals surface area contributed by atoms with E-state index in [0.29, 0.717) is 29.5 Å². The summed E-state index contributed by atoms with van der Waals surface area (Å²) in [5, 5.41) is 9.25. The number of thioether (sulfide) groups is 1. The fourth-order valence-corrected chi connectivity index (χ4v) is 5.39. The first-order valence-electron chi connectivity index (χ1n) is 11.3. The van der Waals surface area contributed by atoms with Crippen LogP contribution in [0.4, 0.5) is 0 Å². The quantitative estimate of drug-likeness (QED) is 0.302. The highest BCUT2D eigenvalue weighted by Crippen LogP contribution is 2.37. The van der Waals surface area contributed by atoms with E-state index in [2.05, 4.69) is 34.5 Å². The van der Waals surface area contributed by atoms with Gasteiger partial charge < -0.3 is 15.0 Å². The highest BCUT2D eigenvalue weighted by Gasteiger charge is 2.23. The maximum atomic E-state index is 13.0. The minimum atomic E-state index is -0.371. The van der Waals surface area contributed by atoms with Gasteiger partial charge >= 0.3 is 0 Å². The molecule has 3 aromatic rings. The minimum Gasteiger partial charge on any atom is -0.376 e. The number of ketones is 1. The topological polar surface area (TPSA) is 100 Å². The molecule has 1 fully saturated rings. The molecular formula is C25H26N4O3S. The van der Waals surface area contributed by atoms with Gasteiger partial charge in [-0.25, -0.2) is 0 Å². The van der Waals surface area contributed by atoms with E-state index < -0.39 is 0 Å². The molecule has 1 saturated heterocycles. The number of nitrogens with two attached hydrogens (primary N) is 1. The van der Waals surface area contributed by atoms with Crippen LogP contribution in [0, 0.1) is 0 Å². The van der Waals surface area contributed by atoms with Crippen molar-refractivity contribution < 1.29 is 14.3 Å². The molecule has 0 radical (unpaired) electrons. The van der Waals surface area contributed by atoms with E-state index in [1.165, 1.54) is 28.5 Å². The molecule has 2 N–H and O–H groups in total. The van der Waals surface area contributed by atoms with E-state index in [1.807, 2.05) is 22.8 Å². The summed E-state index contributed by atoms with van der Waals surface area (Å²) >= 11 is 1.38. The van der Waals surface area contributed by atoms with Crippen LogP contribution in [0.3, 0.4) is 0 Å². The lowest BCUT2D eigenvalue weighted by Crippen LogP contribution is -2.19. The number of amides is 1. The van der Waals surface area contributed by atoms with Crippen molar-refractivity contribution in [2.45, 2.75) is 49.9 Å². The first-order chi connectivity index (χ1) is 16.1. The molecular weight excluding hydrogens is 436 g/mol. The lowest BCUT2D eigenvalue weighted by atomic mass is 10.0. The summed E-state index contributed by atoms with van der Waals surface area (Å²) in [6.07, 6.45) is 3.66. The molecule has 1 aliphatic carbocycles. The zero-order valence-electron chi connectivity index (χ0n) is 18.3. The van der Waals surface area contributed by atoms with Crippen molar-refractivity contribution in [1.82, 2.24) is 14.8 Å². The van der Waals surface area contributed by atoms with E-state index in [0.717, 1.165) is 31.4 Å². The number of aromatic nitrogens is 3. The molecule has 8 heteroatoms. The van der Waals surface area contributed by atoms with Gasteiger partial charge in [-0.2, -0.15) is 0 Å². The third-order valence-corrected chi connectivity index (χ3v) is 7.22. The number of benzene rings is 2. The Bertz CT molecular complexity index is 1200. The van der Waals surface area contributed by atoms with Gasteiger partial charge in [0.25, 0.3) is 0 Å². The Morgan fingerprint density at radius 1 is 1.12 bits per heavy atom. The Morgan fingerprint density at radius 2 is 1.97 bits per heavy atom. The maximum absolute atomic E-state index is 13.0. The van der Waals surface area contributed by atoms with E-state index in [-0.39, 0.29) is 30.0 Å². The number of fused-ring (bicyclic) bond motifs is 3. The molecule has 1 aliphatic heterocycles. The second kappa shape index (κ2) is 9.49. The normalized spacial score (nSPS) is 16.5. The second-order valence-electron chi connectivity index (χ2n) is 8.53. The summed E-state index contributed by atoms with van der Waals surface area (Å²) in [5.41, 5.74) is 11.0. The Balaban J connectivity index is 1.31. The second-order valence-corrected chi connectivity index (χ2v) is 9.47. The van der Waals surface area contributed by atoms with Crippen LogP contribution in [0.15, 0.2) is 47.6 Å². The van der Waals surface area contributed by atoms with Gasteiger partial charge in [0, 0.05) is 25.0 Å². The standard InChI is InChI=1S/C25H26N4O3S/c26-23(31)9-10-24-27-28-25(29(24)14-19-5-3-11-32-19)33-15-22(30)18-8-7-17-12-16-4-1-2-6-20(16)21(17)13-18/h1-2,4,6-8,13,19H,3,5,9-12,14-15H2,(H2,26,31). The number of carbonyl (C=O) groups is 2. The first-order valence-corrected chi connectivity index (χ1v) is 12.3. The molecule has 0 saturated carbocycles. The number of carbonyl (C=O) groups excluding carboxylic acids is 2. The van der Waals surface area contributed by atoms with Crippen LogP contribution in [0.25, 0.3) is 11.1 Å². The van der Waals surface area contributed by atoms with Crippen molar-refractivity contribution in [2.75, 3.05) is 12.4 Å². The first kappa shape index (κ1) is 21.9. The zero-order chi connectivity index (χ0) is 22.8. The van der Waals surface area contributed by atoms with Gasteiger partial charge in [0.05, 0.1) is 18.4 Å². The molecule has 1 atom stereocenters. The number of primary amides is 1. The minimum absolute atomic E-state index is 0.0533. The molecule has 2 aromatic carbocycles. The molecule has 2 aliphatic rings. The van der Waals surface area contributed by atoms with Crippen LogP contribution in [-0.2, 0) is 28.9 Å². The van der Waals surface area contributed by atoms with Gasteiger partial charge in [-0.15, -0.1) is 10.2 Å². The van der Waals surface area contributed by atoms with E-state index in [1.54, 1.807) is 0 Å². The molecule has 5 rings (SSSR count). The molecule has 2 heterocycles. The van der Waals surface area contributed by atoms with Gasteiger partial charge in [-0.05, 0) is 47.6 Å². The Morgan fingerprint density at radius 3 is 2.79 bits per heavy atom. The third-order valence-electron chi connectivity index (χ3n) is 6.25. The largest absolute Gasteiger partial charge is 0.376 e. The van der Waals surface area contributed by atoms with Crippen molar-refractivity contribution in [3.05, 3.63) is 65.0 Å². The summed E-state index contributed by atoms with van der Waals surface area (Å²) in [4.78, 5) is 24.3. The van der Waals surface area contributed by atoms with Crippen LogP contribution in [0.2, 0.25) is 0 Å². The molecule has 1 unspecified atom stereocenters. The van der Waals surface area contributed by atoms with Gasteiger partial charge in [-0.1, -0.05) is 48.2 Å². The van der Waals surface area contributed by atoms with E-state index in [4.69, 9.17) is 10.5 Å². The molecule has 170 valence electrons. The average molecular weight is 463 g/mol. The van der Waals surface area contributed by atoms with Crippen LogP contribution in [0.5, 0.6) is 0 Å². The van der Waals surface area contributed by atoms with Crippen molar-refractivity contribution in [3.8, 4) is 11.1 Å².